The molecule has 0 radical (unpaired) electrons. The summed E-state index contributed by atoms with van der Waals surface area (Å²) in [6.45, 7) is 0. The summed E-state index contributed by atoms with van der Waals surface area (Å²) in [4.78, 5) is 0. The molecule has 1 aromatic carbocycles. The SMILES string of the molecule is CNc1nnc(-c2cc(Cl)ccc2OC)s1. The number of methoxy groups -OCH3 is 1. The fourth-order valence-electron chi connectivity index (χ4n) is 1.28. The molecule has 1 heterocycles. The Morgan fingerprint density at radius 1 is 1.38 bits per heavy atom. The van der Waals surface area contributed by atoms with Gasteiger partial charge >= 0.3 is 0 Å². The minimum atomic E-state index is 0.650. The van der Waals surface area contributed by atoms with Crippen LogP contribution in [0.5, 0.6) is 5.75 Å². The van der Waals surface area contributed by atoms with Crippen LogP contribution in [0.3, 0.4) is 0 Å². The van der Waals surface area contributed by atoms with Crippen LogP contribution < -0.4 is 10.1 Å². The van der Waals surface area contributed by atoms with Crippen LogP contribution in [0, 0.1) is 0 Å². The zero-order chi connectivity index (χ0) is 11.5. The fourth-order valence-corrected chi connectivity index (χ4v) is 2.17. The quantitative estimate of drug-likeness (QED) is 0.916. The first-order valence-corrected chi connectivity index (χ1v) is 5.79. The van der Waals surface area contributed by atoms with Gasteiger partial charge in [-0.1, -0.05) is 22.9 Å². The summed E-state index contributed by atoms with van der Waals surface area (Å²) < 4.78 is 5.26. The molecule has 2 aromatic rings. The molecule has 0 aliphatic carbocycles. The number of hydrogen-bond donors (Lipinski definition) is 1. The van der Waals surface area contributed by atoms with Crippen LogP contribution in [0.25, 0.3) is 10.6 Å². The molecular formula is C10H10ClN3OS. The molecule has 1 N–H and O–H groups in total. The lowest BCUT2D eigenvalue weighted by atomic mass is 10.2. The second-order valence-electron chi connectivity index (χ2n) is 3.01. The van der Waals surface area contributed by atoms with E-state index in [2.05, 4.69) is 15.5 Å². The van der Waals surface area contributed by atoms with E-state index in [0.717, 1.165) is 21.5 Å². The highest BCUT2D eigenvalue weighted by molar-refractivity contribution is 7.18. The van der Waals surface area contributed by atoms with E-state index in [-0.39, 0.29) is 0 Å². The van der Waals surface area contributed by atoms with Crippen molar-refractivity contribution < 1.29 is 4.74 Å². The molecular weight excluding hydrogens is 246 g/mol. The highest BCUT2D eigenvalue weighted by Crippen LogP contribution is 2.35. The summed E-state index contributed by atoms with van der Waals surface area (Å²) >= 11 is 7.40. The van der Waals surface area contributed by atoms with Crippen LogP contribution in [0.1, 0.15) is 0 Å². The molecule has 0 aliphatic heterocycles. The van der Waals surface area contributed by atoms with E-state index in [4.69, 9.17) is 16.3 Å². The van der Waals surface area contributed by atoms with Gasteiger partial charge in [0, 0.05) is 12.1 Å². The van der Waals surface area contributed by atoms with Crippen molar-refractivity contribution in [3.8, 4) is 16.3 Å². The topological polar surface area (TPSA) is 47.0 Å². The first-order chi connectivity index (χ1) is 7.74. The minimum absolute atomic E-state index is 0.650. The van der Waals surface area contributed by atoms with Gasteiger partial charge in [0.25, 0.3) is 0 Å². The van der Waals surface area contributed by atoms with Gasteiger partial charge in [-0.2, -0.15) is 0 Å². The molecule has 2 rings (SSSR count). The molecule has 0 unspecified atom stereocenters. The maximum Gasteiger partial charge on any atom is 0.205 e. The monoisotopic (exact) mass is 255 g/mol. The Balaban J connectivity index is 2.49. The van der Waals surface area contributed by atoms with Gasteiger partial charge in [-0.25, -0.2) is 0 Å². The van der Waals surface area contributed by atoms with Gasteiger partial charge < -0.3 is 10.1 Å². The van der Waals surface area contributed by atoms with Gasteiger partial charge in [0.05, 0.1) is 12.7 Å². The van der Waals surface area contributed by atoms with Crippen LogP contribution in [0.4, 0.5) is 5.13 Å². The molecule has 0 fully saturated rings. The number of halogens is 1. The molecule has 84 valence electrons. The average molecular weight is 256 g/mol. The highest BCUT2D eigenvalue weighted by atomic mass is 35.5. The Labute approximate surface area is 102 Å². The van der Waals surface area contributed by atoms with E-state index in [1.807, 2.05) is 12.1 Å². The van der Waals surface area contributed by atoms with E-state index in [9.17, 15) is 0 Å². The van der Waals surface area contributed by atoms with E-state index < -0.39 is 0 Å². The number of anilines is 1. The first kappa shape index (κ1) is 11.2. The second-order valence-corrected chi connectivity index (χ2v) is 4.42. The van der Waals surface area contributed by atoms with Crippen molar-refractivity contribution in [2.24, 2.45) is 0 Å². The summed E-state index contributed by atoms with van der Waals surface area (Å²) in [5.41, 5.74) is 0.856. The fraction of sp³-hybridized carbons (Fsp3) is 0.200. The Bertz CT molecular complexity index is 501. The lowest BCUT2D eigenvalue weighted by molar-refractivity contribution is 0.416. The van der Waals surface area contributed by atoms with Crippen molar-refractivity contribution >= 4 is 28.1 Å². The number of hydrogen-bond acceptors (Lipinski definition) is 5. The van der Waals surface area contributed by atoms with Gasteiger partial charge in [0.2, 0.25) is 5.13 Å². The summed E-state index contributed by atoms with van der Waals surface area (Å²) in [6, 6.07) is 5.42. The molecule has 0 amide bonds. The zero-order valence-electron chi connectivity index (χ0n) is 8.82. The molecule has 0 bridgehead atoms. The Kier molecular flexibility index (Phi) is 3.26. The highest BCUT2D eigenvalue weighted by Gasteiger charge is 2.11. The van der Waals surface area contributed by atoms with Crippen LogP contribution in [-0.4, -0.2) is 24.4 Å². The van der Waals surface area contributed by atoms with Crippen molar-refractivity contribution in [3.63, 3.8) is 0 Å². The van der Waals surface area contributed by atoms with Gasteiger partial charge in [0.1, 0.15) is 5.75 Å². The van der Waals surface area contributed by atoms with Gasteiger partial charge in [-0.15, -0.1) is 10.2 Å². The van der Waals surface area contributed by atoms with E-state index in [0.29, 0.717) is 5.02 Å². The molecule has 0 spiro atoms. The summed E-state index contributed by atoms with van der Waals surface area (Å²) in [6.07, 6.45) is 0. The third-order valence-corrected chi connectivity index (χ3v) is 3.24. The predicted molar refractivity (Wildman–Crippen MR) is 66.5 cm³/mol. The van der Waals surface area contributed by atoms with Gasteiger partial charge in [-0.05, 0) is 18.2 Å². The normalized spacial score (nSPS) is 10.2. The third kappa shape index (κ3) is 2.10. The van der Waals surface area contributed by atoms with Crippen LogP contribution in [0.2, 0.25) is 5.02 Å². The molecule has 4 nitrogen and oxygen atoms in total. The zero-order valence-corrected chi connectivity index (χ0v) is 10.4. The van der Waals surface area contributed by atoms with Crippen molar-refractivity contribution in [2.75, 3.05) is 19.5 Å². The van der Waals surface area contributed by atoms with E-state index in [1.54, 1.807) is 20.2 Å². The molecule has 6 heteroatoms. The lowest BCUT2D eigenvalue weighted by Crippen LogP contribution is -1.87. The number of ether oxygens (including phenoxy) is 1. The first-order valence-electron chi connectivity index (χ1n) is 4.59. The molecule has 0 aliphatic rings. The minimum Gasteiger partial charge on any atom is -0.496 e. The number of rotatable bonds is 3. The van der Waals surface area contributed by atoms with E-state index >= 15 is 0 Å². The largest absolute Gasteiger partial charge is 0.496 e. The van der Waals surface area contributed by atoms with Crippen LogP contribution in [0.15, 0.2) is 18.2 Å². The number of nitrogens with zero attached hydrogens (tertiary/aromatic N) is 2. The van der Waals surface area contributed by atoms with Crippen molar-refractivity contribution in [1.82, 2.24) is 10.2 Å². The molecule has 0 saturated heterocycles. The Morgan fingerprint density at radius 3 is 2.81 bits per heavy atom. The Morgan fingerprint density at radius 2 is 2.19 bits per heavy atom. The Hall–Kier alpha value is -1.33. The van der Waals surface area contributed by atoms with Crippen molar-refractivity contribution in [2.45, 2.75) is 0 Å². The second kappa shape index (κ2) is 4.67. The van der Waals surface area contributed by atoms with Crippen LogP contribution in [-0.2, 0) is 0 Å². The van der Waals surface area contributed by atoms with Crippen molar-refractivity contribution in [3.05, 3.63) is 23.2 Å². The molecule has 1 aromatic heterocycles. The number of aromatic nitrogens is 2. The maximum atomic E-state index is 5.95. The summed E-state index contributed by atoms with van der Waals surface area (Å²) in [5.74, 6) is 0.739. The number of benzene rings is 1. The molecule has 0 saturated carbocycles. The van der Waals surface area contributed by atoms with Crippen molar-refractivity contribution in [1.29, 1.82) is 0 Å². The summed E-state index contributed by atoms with van der Waals surface area (Å²) in [5, 5.41) is 13.2. The molecule has 0 atom stereocenters. The van der Waals surface area contributed by atoms with Gasteiger partial charge in [-0.3, -0.25) is 0 Å². The smallest absolute Gasteiger partial charge is 0.205 e. The maximum absolute atomic E-state index is 5.95. The van der Waals surface area contributed by atoms with Gasteiger partial charge in [0.15, 0.2) is 5.01 Å². The van der Waals surface area contributed by atoms with Crippen LogP contribution >= 0.6 is 22.9 Å². The third-order valence-electron chi connectivity index (χ3n) is 2.03. The lowest BCUT2D eigenvalue weighted by Gasteiger charge is -2.05. The average Bonchev–Trinajstić information content (AvgIpc) is 2.77. The predicted octanol–water partition coefficient (Wildman–Crippen LogP) is 2.91. The standard InChI is InChI=1S/C10H10ClN3OS/c1-12-10-14-13-9(16-10)7-5-6(11)3-4-8(7)15-2/h3-5H,1-2H3,(H,12,14). The number of nitrogens with one attached hydrogen (secondary N) is 1. The molecule has 16 heavy (non-hydrogen) atoms. The summed E-state index contributed by atoms with van der Waals surface area (Å²) in [7, 11) is 3.42. The van der Waals surface area contributed by atoms with E-state index in [1.165, 1.54) is 11.3 Å².